The third-order valence-corrected chi connectivity index (χ3v) is 2.51. The van der Waals surface area contributed by atoms with Crippen molar-refractivity contribution in [3.63, 3.8) is 0 Å². The molecule has 0 spiro atoms. The first-order chi connectivity index (χ1) is 8.43. The molecule has 1 aromatic heterocycles. The predicted molar refractivity (Wildman–Crippen MR) is 67.6 cm³/mol. The molecule has 2 N–H and O–H groups in total. The second-order valence-corrected chi connectivity index (χ2v) is 4.17. The molecule has 0 radical (unpaired) electrons. The van der Waals surface area contributed by atoms with Crippen molar-refractivity contribution >= 4 is 17.5 Å². The summed E-state index contributed by atoms with van der Waals surface area (Å²) >= 11 is 0. The van der Waals surface area contributed by atoms with E-state index >= 15 is 0 Å². The zero-order chi connectivity index (χ0) is 13.7. The molecule has 0 fully saturated rings. The van der Waals surface area contributed by atoms with Crippen LogP contribution < -0.4 is 5.73 Å². The third-order valence-electron chi connectivity index (χ3n) is 2.51. The molecule has 7 nitrogen and oxygen atoms in total. The summed E-state index contributed by atoms with van der Waals surface area (Å²) < 4.78 is 1.46. The molecule has 2 amide bonds. The van der Waals surface area contributed by atoms with Crippen molar-refractivity contribution in [1.29, 1.82) is 0 Å². The monoisotopic (exact) mass is 253 g/mol. The topological polar surface area (TPSA) is 84.5 Å². The molecule has 18 heavy (non-hydrogen) atoms. The first-order valence-electron chi connectivity index (χ1n) is 5.70. The fourth-order valence-corrected chi connectivity index (χ4v) is 1.39. The van der Waals surface area contributed by atoms with E-state index in [0.29, 0.717) is 12.2 Å². The van der Waals surface area contributed by atoms with Crippen molar-refractivity contribution in [2.24, 2.45) is 0 Å². The normalized spacial score (nSPS) is 10.2. The van der Waals surface area contributed by atoms with E-state index in [1.54, 1.807) is 20.3 Å². The largest absolute Gasteiger partial charge is 0.396 e. The summed E-state index contributed by atoms with van der Waals surface area (Å²) in [5.41, 5.74) is 6.02. The Labute approximate surface area is 106 Å². The molecule has 0 aliphatic carbocycles. The van der Waals surface area contributed by atoms with E-state index in [1.165, 1.54) is 20.7 Å². The molecule has 0 saturated carbocycles. The minimum absolute atomic E-state index is 0.0824. The minimum Gasteiger partial charge on any atom is -0.396 e. The summed E-state index contributed by atoms with van der Waals surface area (Å²) in [6.45, 7) is 2.48. The first-order valence-corrected chi connectivity index (χ1v) is 5.70. The molecule has 0 aromatic carbocycles. The lowest BCUT2D eigenvalue weighted by Gasteiger charge is -2.22. The number of nitrogens with zero attached hydrogens (tertiary/aromatic N) is 4. The Morgan fingerprint density at radius 3 is 2.50 bits per heavy atom. The zero-order valence-electron chi connectivity index (χ0n) is 11.0. The van der Waals surface area contributed by atoms with E-state index < -0.39 is 0 Å². The lowest BCUT2D eigenvalue weighted by Crippen LogP contribution is -2.41. The Kier molecular flexibility index (Phi) is 4.70. The van der Waals surface area contributed by atoms with Crippen LogP contribution in [0.5, 0.6) is 0 Å². The molecule has 0 bridgehead atoms. The van der Waals surface area contributed by atoms with Crippen LogP contribution in [0.2, 0.25) is 0 Å². The Morgan fingerprint density at radius 1 is 1.39 bits per heavy atom. The summed E-state index contributed by atoms with van der Waals surface area (Å²) in [4.78, 5) is 26.5. The van der Waals surface area contributed by atoms with Crippen LogP contribution in [0.25, 0.3) is 0 Å². The Balaban J connectivity index is 2.59. The molecule has 0 aliphatic heterocycles. The quantitative estimate of drug-likeness (QED) is 0.759. The van der Waals surface area contributed by atoms with Crippen LogP contribution in [0.1, 0.15) is 6.92 Å². The lowest BCUT2D eigenvalue weighted by molar-refractivity contribution is -0.139. The number of likely N-dealkylation sites (N-methyl/N-ethyl adjacent to an activating group) is 2. The van der Waals surface area contributed by atoms with Crippen molar-refractivity contribution in [1.82, 2.24) is 19.6 Å². The van der Waals surface area contributed by atoms with Crippen LogP contribution in [-0.2, 0) is 16.1 Å². The summed E-state index contributed by atoms with van der Waals surface area (Å²) in [7, 11) is 3.32. The second kappa shape index (κ2) is 6.04. The average Bonchev–Trinajstić information content (AvgIpc) is 2.70. The van der Waals surface area contributed by atoms with Gasteiger partial charge in [-0.3, -0.25) is 14.3 Å². The fraction of sp³-hybridized carbons (Fsp3) is 0.545. The number of carbonyl (C=O) groups excluding carboxylic acids is 2. The van der Waals surface area contributed by atoms with Crippen molar-refractivity contribution in [3.8, 4) is 0 Å². The van der Waals surface area contributed by atoms with Crippen LogP contribution in [0, 0.1) is 0 Å². The first kappa shape index (κ1) is 14.0. The smallest absolute Gasteiger partial charge is 0.244 e. The Hall–Kier alpha value is -2.05. The molecule has 0 aliphatic rings. The molecule has 7 heteroatoms. The maximum atomic E-state index is 12.0. The molecular weight excluding hydrogens is 234 g/mol. The second-order valence-electron chi connectivity index (χ2n) is 4.17. The molecule has 1 rings (SSSR count). The van der Waals surface area contributed by atoms with Gasteiger partial charge in [0.1, 0.15) is 6.54 Å². The molecule has 1 heterocycles. The van der Waals surface area contributed by atoms with Gasteiger partial charge in [0.15, 0.2) is 0 Å². The molecule has 0 saturated heterocycles. The van der Waals surface area contributed by atoms with Crippen LogP contribution in [-0.4, -0.2) is 58.6 Å². The van der Waals surface area contributed by atoms with Gasteiger partial charge in [-0.2, -0.15) is 5.10 Å². The number of hydrogen-bond donors (Lipinski definition) is 1. The highest BCUT2D eigenvalue weighted by atomic mass is 16.2. The maximum Gasteiger partial charge on any atom is 0.244 e. The highest BCUT2D eigenvalue weighted by molar-refractivity contribution is 5.84. The van der Waals surface area contributed by atoms with E-state index in [9.17, 15) is 9.59 Å². The SMILES string of the molecule is CCN(CC(=O)N(C)C)C(=O)Cn1cc(N)cn1. The third kappa shape index (κ3) is 3.76. The standard InChI is InChI=1S/C11H19N5O2/c1-4-15(7-10(17)14(2)3)11(18)8-16-6-9(12)5-13-16/h5-6H,4,7-8,12H2,1-3H3. The van der Waals surface area contributed by atoms with Gasteiger partial charge in [0, 0.05) is 26.8 Å². The van der Waals surface area contributed by atoms with Crippen LogP contribution in [0.15, 0.2) is 12.4 Å². The molecule has 0 unspecified atom stereocenters. The van der Waals surface area contributed by atoms with Crippen molar-refractivity contribution in [3.05, 3.63) is 12.4 Å². The molecule has 100 valence electrons. The van der Waals surface area contributed by atoms with E-state index in [-0.39, 0.29) is 24.9 Å². The van der Waals surface area contributed by atoms with Crippen LogP contribution >= 0.6 is 0 Å². The highest BCUT2D eigenvalue weighted by Crippen LogP contribution is 2.00. The van der Waals surface area contributed by atoms with E-state index in [2.05, 4.69) is 5.10 Å². The van der Waals surface area contributed by atoms with Crippen molar-refractivity contribution in [2.75, 3.05) is 32.9 Å². The number of carbonyl (C=O) groups is 2. The zero-order valence-corrected chi connectivity index (χ0v) is 11.0. The van der Waals surface area contributed by atoms with E-state index in [1.807, 2.05) is 6.92 Å². The Bertz CT molecular complexity index is 427. The maximum absolute atomic E-state index is 12.0. The highest BCUT2D eigenvalue weighted by Gasteiger charge is 2.17. The minimum atomic E-state index is -0.157. The fourth-order valence-electron chi connectivity index (χ4n) is 1.39. The number of nitrogen functional groups attached to an aromatic ring is 1. The number of amides is 2. The van der Waals surface area contributed by atoms with Gasteiger partial charge in [0.05, 0.1) is 18.4 Å². The van der Waals surface area contributed by atoms with E-state index in [4.69, 9.17) is 5.73 Å². The number of rotatable bonds is 5. The summed E-state index contributed by atoms with van der Waals surface area (Å²) in [6, 6.07) is 0. The lowest BCUT2D eigenvalue weighted by atomic mass is 10.4. The number of nitrogens with two attached hydrogens (primary N) is 1. The average molecular weight is 253 g/mol. The summed E-state index contributed by atoms with van der Waals surface area (Å²) in [5, 5.41) is 3.94. The molecule has 0 atom stereocenters. The predicted octanol–water partition coefficient (Wildman–Crippen LogP) is -0.598. The molecule has 1 aromatic rings. The number of aromatic nitrogens is 2. The van der Waals surface area contributed by atoms with Gasteiger partial charge in [-0.05, 0) is 6.92 Å². The summed E-state index contributed by atoms with van der Waals surface area (Å²) in [6.07, 6.45) is 3.06. The van der Waals surface area contributed by atoms with Gasteiger partial charge >= 0.3 is 0 Å². The van der Waals surface area contributed by atoms with Gasteiger partial charge < -0.3 is 15.5 Å². The number of hydrogen-bond acceptors (Lipinski definition) is 4. The van der Waals surface area contributed by atoms with Gasteiger partial charge in [0.2, 0.25) is 11.8 Å². The van der Waals surface area contributed by atoms with Gasteiger partial charge in [-0.15, -0.1) is 0 Å². The van der Waals surface area contributed by atoms with Crippen LogP contribution in [0.3, 0.4) is 0 Å². The number of anilines is 1. The summed E-state index contributed by atoms with van der Waals surface area (Å²) in [5.74, 6) is -0.263. The Morgan fingerprint density at radius 2 is 2.06 bits per heavy atom. The molecular formula is C11H19N5O2. The van der Waals surface area contributed by atoms with Gasteiger partial charge in [0.25, 0.3) is 0 Å². The van der Waals surface area contributed by atoms with E-state index in [0.717, 1.165) is 0 Å². The van der Waals surface area contributed by atoms with Gasteiger partial charge in [-0.1, -0.05) is 0 Å². The van der Waals surface area contributed by atoms with Gasteiger partial charge in [-0.25, -0.2) is 0 Å². The van der Waals surface area contributed by atoms with Crippen molar-refractivity contribution in [2.45, 2.75) is 13.5 Å². The van der Waals surface area contributed by atoms with Crippen molar-refractivity contribution < 1.29 is 9.59 Å². The van der Waals surface area contributed by atoms with Crippen LogP contribution in [0.4, 0.5) is 5.69 Å².